The molecule has 1 aromatic heterocycles. The van der Waals surface area contributed by atoms with Gasteiger partial charge in [0.25, 0.3) is 5.91 Å². The van der Waals surface area contributed by atoms with Crippen molar-refractivity contribution in [3.8, 4) is 0 Å². The van der Waals surface area contributed by atoms with E-state index in [1.54, 1.807) is 24.3 Å². The molecule has 4 aromatic rings. The van der Waals surface area contributed by atoms with Crippen LogP contribution in [0.15, 0.2) is 71.6 Å². The number of thioether (sulfide) groups is 1. The van der Waals surface area contributed by atoms with Gasteiger partial charge in [-0.2, -0.15) is 13.2 Å². The molecular formula is C33H32F3N3O4S2. The zero-order chi connectivity index (χ0) is 32.0. The summed E-state index contributed by atoms with van der Waals surface area (Å²) in [6.45, 7) is 0.0171. The van der Waals surface area contributed by atoms with Crippen LogP contribution in [-0.4, -0.2) is 39.9 Å². The van der Waals surface area contributed by atoms with Gasteiger partial charge < -0.3 is 15.7 Å². The highest BCUT2D eigenvalue weighted by atomic mass is 32.2. The van der Waals surface area contributed by atoms with E-state index in [0.717, 1.165) is 35.3 Å². The number of alkyl halides is 3. The molecular weight excluding hydrogens is 624 g/mol. The van der Waals surface area contributed by atoms with Gasteiger partial charge in [0, 0.05) is 17.0 Å². The molecule has 1 aliphatic rings. The van der Waals surface area contributed by atoms with Crippen LogP contribution in [0.25, 0.3) is 10.2 Å². The highest BCUT2D eigenvalue weighted by Gasteiger charge is 2.29. The van der Waals surface area contributed by atoms with Crippen molar-refractivity contribution in [3.05, 3.63) is 89.0 Å². The lowest BCUT2D eigenvalue weighted by Gasteiger charge is -2.23. The number of hydrogen-bond acceptors (Lipinski definition) is 6. The van der Waals surface area contributed by atoms with Crippen molar-refractivity contribution in [1.82, 2.24) is 10.3 Å². The minimum atomic E-state index is -4.41. The third kappa shape index (κ3) is 9.07. The predicted octanol–water partition coefficient (Wildman–Crippen LogP) is 8.13. The fourth-order valence-corrected chi connectivity index (χ4v) is 7.12. The molecule has 2 amide bonds. The minimum Gasteiger partial charge on any atom is -0.481 e. The maximum absolute atomic E-state index is 13.8. The summed E-state index contributed by atoms with van der Waals surface area (Å²) in [5.74, 6) is -1.79. The van der Waals surface area contributed by atoms with Gasteiger partial charge in [-0.15, -0.1) is 0 Å². The average Bonchev–Trinajstić information content (AvgIpc) is 3.41. The van der Waals surface area contributed by atoms with Crippen LogP contribution >= 0.6 is 23.1 Å². The second kappa shape index (κ2) is 14.5. The molecule has 5 rings (SSSR count). The summed E-state index contributed by atoms with van der Waals surface area (Å²) in [6.07, 6.45) is 6.14. The number of thiazole rings is 1. The number of carbonyl (C=O) groups excluding carboxylic acids is 2. The van der Waals surface area contributed by atoms with Crippen molar-refractivity contribution in [2.75, 3.05) is 11.9 Å². The quantitative estimate of drug-likeness (QED) is 0.141. The van der Waals surface area contributed by atoms with Crippen LogP contribution in [0.2, 0.25) is 0 Å². The number of carboxylic acids is 1. The van der Waals surface area contributed by atoms with E-state index in [1.807, 2.05) is 12.1 Å². The lowest BCUT2D eigenvalue weighted by atomic mass is 9.83. The topological polar surface area (TPSA) is 108 Å². The number of amides is 2. The van der Waals surface area contributed by atoms with Crippen molar-refractivity contribution in [1.29, 1.82) is 0 Å². The molecule has 0 aliphatic heterocycles. The Bertz CT molecular complexity index is 1650. The number of rotatable bonds is 11. The Kier molecular flexibility index (Phi) is 10.4. The van der Waals surface area contributed by atoms with E-state index in [-0.39, 0.29) is 41.4 Å². The third-order valence-corrected chi connectivity index (χ3v) is 9.49. The number of aliphatic carboxylic acids is 1. The highest BCUT2D eigenvalue weighted by molar-refractivity contribution is 8.00. The summed E-state index contributed by atoms with van der Waals surface area (Å²) in [5.41, 5.74) is -0.655. The minimum absolute atomic E-state index is 0.0171. The van der Waals surface area contributed by atoms with Crippen LogP contribution < -0.4 is 10.6 Å². The summed E-state index contributed by atoms with van der Waals surface area (Å²) in [7, 11) is 0. The number of fused-ring (bicyclic) bond motifs is 1. The molecule has 3 aromatic carbocycles. The van der Waals surface area contributed by atoms with Gasteiger partial charge in [-0.3, -0.25) is 14.4 Å². The average molecular weight is 656 g/mol. The van der Waals surface area contributed by atoms with Gasteiger partial charge in [-0.25, -0.2) is 4.98 Å². The first-order chi connectivity index (χ1) is 21.5. The molecule has 1 saturated carbocycles. The molecule has 0 saturated heterocycles. The van der Waals surface area contributed by atoms with Crippen LogP contribution in [0, 0.1) is 0 Å². The largest absolute Gasteiger partial charge is 0.481 e. The Labute approximate surface area is 266 Å². The number of hydrogen-bond donors (Lipinski definition) is 3. The van der Waals surface area contributed by atoms with Crippen molar-refractivity contribution in [3.63, 3.8) is 0 Å². The normalized spacial score (nSPS) is 14.6. The van der Waals surface area contributed by atoms with Gasteiger partial charge in [0.15, 0.2) is 5.13 Å². The molecule has 1 atom stereocenters. The van der Waals surface area contributed by atoms with E-state index in [1.165, 1.54) is 43.0 Å². The number of carboxylic acid groups (broad SMARTS) is 1. The van der Waals surface area contributed by atoms with Crippen molar-refractivity contribution in [2.24, 2.45) is 0 Å². The highest BCUT2D eigenvalue weighted by Crippen LogP contribution is 2.39. The molecule has 1 unspecified atom stereocenters. The maximum Gasteiger partial charge on any atom is 0.446 e. The lowest BCUT2D eigenvalue weighted by Crippen LogP contribution is -2.26. The third-order valence-electron chi connectivity index (χ3n) is 7.84. The molecule has 12 heteroatoms. The van der Waals surface area contributed by atoms with Gasteiger partial charge in [-0.1, -0.05) is 67.0 Å². The van der Waals surface area contributed by atoms with Crippen LogP contribution in [0.1, 0.15) is 77.4 Å². The van der Waals surface area contributed by atoms with Crippen molar-refractivity contribution < 1.29 is 32.7 Å². The summed E-state index contributed by atoms with van der Waals surface area (Å²) >= 11 is 0.918. The second-order valence-corrected chi connectivity index (χ2v) is 13.2. The van der Waals surface area contributed by atoms with Gasteiger partial charge in [-0.05, 0) is 84.0 Å². The molecule has 0 bridgehead atoms. The van der Waals surface area contributed by atoms with E-state index in [0.29, 0.717) is 33.3 Å². The number of benzene rings is 3. The zero-order valence-corrected chi connectivity index (χ0v) is 25.9. The zero-order valence-electron chi connectivity index (χ0n) is 24.2. The summed E-state index contributed by atoms with van der Waals surface area (Å²) in [6, 6.07) is 19.2. The SMILES string of the molecule is O=C(O)CCNC(=O)c1ccc(CC(C(=O)Nc2nc3ccc(SC(F)(F)F)cc3s2)c2ccc(C3CCCCC3)cc2)cc1. The van der Waals surface area contributed by atoms with Crippen molar-refractivity contribution in [2.45, 2.75) is 67.2 Å². The smallest absolute Gasteiger partial charge is 0.446 e. The van der Waals surface area contributed by atoms with Crippen molar-refractivity contribution >= 4 is 56.2 Å². The van der Waals surface area contributed by atoms with E-state index >= 15 is 0 Å². The fourth-order valence-electron chi connectivity index (χ4n) is 5.56. The van der Waals surface area contributed by atoms with E-state index in [2.05, 4.69) is 27.8 Å². The molecule has 7 nitrogen and oxygen atoms in total. The standard InChI is InChI=1S/C33H32F3N3O4S2/c34-33(35,36)45-25-14-15-27-28(19-25)44-32(38-27)39-31(43)26(23-12-10-22(11-13-23)21-4-2-1-3-5-21)18-20-6-8-24(9-7-20)30(42)37-17-16-29(40)41/h6-15,19,21,26H,1-5,16-18H2,(H,37,42)(H,40,41)(H,38,39,43). The summed E-state index contributed by atoms with van der Waals surface area (Å²) < 4.78 is 39.1. The first kappa shape index (κ1) is 32.5. The number of nitrogens with zero attached hydrogens (tertiary/aromatic N) is 1. The summed E-state index contributed by atoms with van der Waals surface area (Å²) in [4.78, 5) is 41.4. The Balaban J connectivity index is 1.35. The molecule has 0 spiro atoms. The van der Waals surface area contributed by atoms with E-state index in [9.17, 15) is 27.6 Å². The number of aromatic nitrogens is 1. The first-order valence-electron chi connectivity index (χ1n) is 14.7. The molecule has 0 radical (unpaired) electrons. The monoisotopic (exact) mass is 655 g/mol. The maximum atomic E-state index is 13.8. The van der Waals surface area contributed by atoms with Gasteiger partial charge >= 0.3 is 11.5 Å². The van der Waals surface area contributed by atoms with Gasteiger partial charge in [0.05, 0.1) is 22.6 Å². The molecule has 3 N–H and O–H groups in total. The van der Waals surface area contributed by atoms with Crippen LogP contribution in [0.3, 0.4) is 0 Å². The van der Waals surface area contributed by atoms with Gasteiger partial charge in [0.1, 0.15) is 0 Å². The molecule has 45 heavy (non-hydrogen) atoms. The molecule has 236 valence electrons. The summed E-state index contributed by atoms with van der Waals surface area (Å²) in [5, 5.41) is 14.5. The Morgan fingerprint density at radius 3 is 2.36 bits per heavy atom. The predicted molar refractivity (Wildman–Crippen MR) is 170 cm³/mol. The Hall–Kier alpha value is -3.90. The number of anilines is 1. The Morgan fingerprint density at radius 2 is 1.69 bits per heavy atom. The van der Waals surface area contributed by atoms with Crippen LogP contribution in [0.4, 0.5) is 18.3 Å². The number of halogens is 3. The van der Waals surface area contributed by atoms with Crippen LogP contribution in [-0.2, 0) is 16.0 Å². The van der Waals surface area contributed by atoms with Gasteiger partial charge in [0.2, 0.25) is 5.91 Å². The van der Waals surface area contributed by atoms with E-state index in [4.69, 9.17) is 5.11 Å². The lowest BCUT2D eigenvalue weighted by molar-refractivity contribution is -0.136. The van der Waals surface area contributed by atoms with E-state index < -0.39 is 17.4 Å². The number of carbonyl (C=O) groups is 3. The Morgan fingerprint density at radius 1 is 0.978 bits per heavy atom. The first-order valence-corrected chi connectivity index (χ1v) is 16.3. The molecule has 1 aliphatic carbocycles. The number of nitrogens with one attached hydrogen (secondary N) is 2. The van der Waals surface area contributed by atoms with Crippen LogP contribution in [0.5, 0.6) is 0 Å². The molecule has 1 heterocycles. The fraction of sp³-hybridized carbons (Fsp3) is 0.333. The molecule has 1 fully saturated rings. The second-order valence-electron chi connectivity index (χ2n) is 11.0.